The van der Waals surface area contributed by atoms with Gasteiger partial charge in [0.2, 0.25) is 0 Å². The van der Waals surface area contributed by atoms with Gasteiger partial charge in [-0.25, -0.2) is 9.97 Å². The number of fused-ring (bicyclic) bond motifs is 7. The third kappa shape index (κ3) is 5.31. The lowest BCUT2D eigenvalue weighted by Crippen LogP contribution is -2.04. The monoisotopic (exact) mass is 740 g/mol. The van der Waals surface area contributed by atoms with Crippen LogP contribution in [0.3, 0.4) is 0 Å². The van der Waals surface area contributed by atoms with Crippen LogP contribution < -0.4 is 0 Å². The van der Waals surface area contributed by atoms with Crippen molar-refractivity contribution in [3.8, 4) is 67.9 Å². The van der Waals surface area contributed by atoms with Gasteiger partial charge in [-0.2, -0.15) is 5.26 Å². The number of aromatic nitrogens is 3. The predicted molar refractivity (Wildman–Crippen MR) is 236 cm³/mol. The molecule has 0 aliphatic carbocycles. The van der Waals surface area contributed by atoms with Crippen LogP contribution in [0.25, 0.3) is 106 Å². The molecule has 0 unspecified atom stereocenters. The summed E-state index contributed by atoms with van der Waals surface area (Å²) in [4.78, 5) is 10.7. The van der Waals surface area contributed by atoms with E-state index in [1.54, 1.807) is 0 Å². The summed E-state index contributed by atoms with van der Waals surface area (Å²) in [6, 6.07) is 69.0. The highest BCUT2D eigenvalue weighted by Crippen LogP contribution is 2.46. The zero-order valence-corrected chi connectivity index (χ0v) is 31.2. The van der Waals surface area contributed by atoms with E-state index in [4.69, 9.17) is 14.4 Å². The van der Waals surface area contributed by atoms with E-state index in [1.807, 2.05) is 84.9 Å². The van der Waals surface area contributed by atoms with Crippen LogP contribution in [0.5, 0.6) is 0 Å². The molecular weight excluding hydrogens is 709 g/mol. The summed E-state index contributed by atoms with van der Waals surface area (Å²) in [6.45, 7) is 0. The first-order valence-electron chi connectivity index (χ1n) is 19.3. The molecule has 5 nitrogen and oxygen atoms in total. The molecule has 0 atom stereocenters. The quantitative estimate of drug-likeness (QED) is 0.170. The SMILES string of the molecule is N#Cc1c(-c2ccccc2)nc(-c2cc(-n3c4ccccc4c4ccc5c6ccccc6oc5c43)cc(-c3ccccc3)c2-c2ccccc2)nc1-c1ccccc1. The molecule has 58 heavy (non-hydrogen) atoms. The molecule has 0 radical (unpaired) electrons. The van der Waals surface area contributed by atoms with E-state index in [9.17, 15) is 5.26 Å². The van der Waals surface area contributed by atoms with Crippen LogP contribution in [0.1, 0.15) is 5.56 Å². The number of rotatable bonds is 6. The number of benzene rings is 8. The third-order valence-corrected chi connectivity index (χ3v) is 11.1. The summed E-state index contributed by atoms with van der Waals surface area (Å²) in [7, 11) is 0. The number of nitriles is 1. The highest BCUT2D eigenvalue weighted by Gasteiger charge is 2.25. The third-order valence-electron chi connectivity index (χ3n) is 11.1. The standard InChI is InChI=1S/C53H32N4O/c54-33-45-49(36-21-9-3-10-22-36)55-53(56-50(45)37-23-11-4-12-24-37)44-32-38(31-43(34-17-5-1-6-18-34)48(44)35-19-7-2-8-20-35)57-46-27-15-13-25-39(46)41-29-30-42-40-26-14-16-28-47(40)58-52(42)51(41)57/h1-32H. The number of hydrogen-bond acceptors (Lipinski definition) is 4. The molecule has 0 saturated heterocycles. The summed E-state index contributed by atoms with van der Waals surface area (Å²) in [5.74, 6) is 0.518. The lowest BCUT2D eigenvalue weighted by atomic mass is 9.89. The van der Waals surface area contributed by atoms with E-state index < -0.39 is 0 Å². The van der Waals surface area contributed by atoms with Gasteiger partial charge in [0.25, 0.3) is 0 Å². The van der Waals surface area contributed by atoms with Crippen LogP contribution in [0.2, 0.25) is 0 Å². The van der Waals surface area contributed by atoms with Crippen molar-refractivity contribution in [2.45, 2.75) is 0 Å². The molecule has 0 aliphatic rings. The molecule has 0 N–H and O–H groups in total. The van der Waals surface area contributed by atoms with Crippen molar-refractivity contribution in [3.05, 3.63) is 200 Å². The molecule has 3 heterocycles. The second-order valence-electron chi connectivity index (χ2n) is 14.4. The fourth-order valence-electron chi connectivity index (χ4n) is 8.49. The van der Waals surface area contributed by atoms with Gasteiger partial charge >= 0.3 is 0 Å². The van der Waals surface area contributed by atoms with Crippen molar-refractivity contribution in [1.82, 2.24) is 14.5 Å². The first-order chi connectivity index (χ1) is 28.7. The molecular formula is C53H32N4O. The second kappa shape index (κ2) is 13.6. The van der Waals surface area contributed by atoms with Crippen LogP contribution in [-0.2, 0) is 0 Å². The van der Waals surface area contributed by atoms with Crippen molar-refractivity contribution in [1.29, 1.82) is 5.26 Å². The molecule has 0 spiro atoms. The highest BCUT2D eigenvalue weighted by molar-refractivity contribution is 6.21. The molecule has 5 heteroatoms. The van der Waals surface area contributed by atoms with Gasteiger partial charge < -0.3 is 8.98 Å². The van der Waals surface area contributed by atoms with Crippen LogP contribution in [0.4, 0.5) is 0 Å². The van der Waals surface area contributed by atoms with Gasteiger partial charge in [-0.3, -0.25) is 0 Å². The Kier molecular flexibility index (Phi) is 7.80. The maximum absolute atomic E-state index is 10.8. The molecule has 11 aromatic rings. The van der Waals surface area contributed by atoms with Crippen molar-refractivity contribution >= 4 is 43.7 Å². The van der Waals surface area contributed by atoms with Gasteiger partial charge in [0, 0.05) is 49.5 Å². The largest absolute Gasteiger partial charge is 0.454 e. The van der Waals surface area contributed by atoms with Gasteiger partial charge in [0.1, 0.15) is 17.2 Å². The van der Waals surface area contributed by atoms with Crippen molar-refractivity contribution < 1.29 is 4.42 Å². The van der Waals surface area contributed by atoms with Gasteiger partial charge in [0.15, 0.2) is 11.4 Å². The first-order valence-corrected chi connectivity index (χ1v) is 19.3. The normalized spacial score (nSPS) is 11.4. The molecule has 3 aromatic heterocycles. The maximum atomic E-state index is 10.8. The molecule has 11 rings (SSSR count). The van der Waals surface area contributed by atoms with E-state index >= 15 is 0 Å². The Morgan fingerprint density at radius 3 is 1.62 bits per heavy atom. The fourth-order valence-corrected chi connectivity index (χ4v) is 8.49. The summed E-state index contributed by atoms with van der Waals surface area (Å²) in [5, 5.41) is 15.1. The molecule has 0 saturated carbocycles. The van der Waals surface area contributed by atoms with Crippen molar-refractivity contribution in [2.24, 2.45) is 0 Å². The zero-order valence-electron chi connectivity index (χ0n) is 31.2. The van der Waals surface area contributed by atoms with Crippen LogP contribution in [0.15, 0.2) is 199 Å². The number of furan rings is 1. The Morgan fingerprint density at radius 1 is 0.466 bits per heavy atom. The van der Waals surface area contributed by atoms with Crippen molar-refractivity contribution in [2.75, 3.05) is 0 Å². The molecule has 0 amide bonds. The van der Waals surface area contributed by atoms with E-state index in [0.717, 1.165) is 88.4 Å². The average Bonchev–Trinajstić information content (AvgIpc) is 3.85. The predicted octanol–water partition coefficient (Wildman–Crippen LogP) is 13.7. The highest BCUT2D eigenvalue weighted by atomic mass is 16.3. The lowest BCUT2D eigenvalue weighted by molar-refractivity contribution is 0.671. The Labute approximate surface area is 334 Å². The van der Waals surface area contributed by atoms with Crippen LogP contribution in [0, 0.1) is 11.3 Å². The van der Waals surface area contributed by atoms with Gasteiger partial charge in [-0.1, -0.05) is 164 Å². The van der Waals surface area contributed by atoms with E-state index in [1.165, 1.54) is 0 Å². The van der Waals surface area contributed by atoms with E-state index in [-0.39, 0.29) is 0 Å². The summed E-state index contributed by atoms with van der Waals surface area (Å²) < 4.78 is 9.09. The lowest BCUT2D eigenvalue weighted by Gasteiger charge is -2.20. The minimum atomic E-state index is 0.427. The Morgan fingerprint density at radius 2 is 0.983 bits per heavy atom. The molecule has 0 aliphatic heterocycles. The smallest absolute Gasteiger partial charge is 0.161 e. The Hall–Kier alpha value is -8.07. The van der Waals surface area contributed by atoms with Gasteiger partial charge in [-0.15, -0.1) is 0 Å². The Bertz CT molecular complexity index is 3320. The topological polar surface area (TPSA) is 67.6 Å². The summed E-state index contributed by atoms with van der Waals surface area (Å²) in [5.41, 5.74) is 12.9. The second-order valence-corrected chi connectivity index (χ2v) is 14.4. The van der Waals surface area contributed by atoms with E-state index in [2.05, 4.69) is 120 Å². The number of hydrogen-bond donors (Lipinski definition) is 0. The minimum absolute atomic E-state index is 0.427. The zero-order chi connectivity index (χ0) is 38.6. The van der Waals surface area contributed by atoms with Crippen LogP contribution >= 0.6 is 0 Å². The van der Waals surface area contributed by atoms with E-state index in [0.29, 0.717) is 22.8 Å². The minimum Gasteiger partial charge on any atom is -0.454 e. The van der Waals surface area contributed by atoms with Crippen LogP contribution in [-0.4, -0.2) is 14.5 Å². The summed E-state index contributed by atoms with van der Waals surface area (Å²) >= 11 is 0. The molecule has 0 bridgehead atoms. The maximum Gasteiger partial charge on any atom is 0.161 e. The fraction of sp³-hybridized carbons (Fsp3) is 0. The van der Waals surface area contributed by atoms with Gasteiger partial charge in [-0.05, 0) is 47.0 Å². The first kappa shape index (κ1) is 33.3. The molecule has 0 fully saturated rings. The Balaban J connectivity index is 1.32. The number of para-hydroxylation sites is 2. The number of nitrogens with zero attached hydrogens (tertiary/aromatic N) is 4. The molecule has 270 valence electrons. The van der Waals surface area contributed by atoms with Gasteiger partial charge in [0.05, 0.1) is 22.4 Å². The van der Waals surface area contributed by atoms with Crippen molar-refractivity contribution in [3.63, 3.8) is 0 Å². The summed E-state index contributed by atoms with van der Waals surface area (Å²) in [6.07, 6.45) is 0. The average molecular weight is 741 g/mol. The molecule has 8 aromatic carbocycles.